The van der Waals surface area contributed by atoms with E-state index in [0.717, 1.165) is 26.1 Å². The fraction of sp³-hybridized carbons (Fsp3) is 0.600. The fourth-order valence-electron chi connectivity index (χ4n) is 2.47. The molecule has 4 heteroatoms. The van der Waals surface area contributed by atoms with Crippen LogP contribution in [0.4, 0.5) is 10.1 Å². The standard InChI is InChI=1S/C15H23FN2O/c1-11-9-17-12(2)6-7-18(10-11)15-8-13(19-3)4-5-14(15)16/h4-5,8,11-12,17H,6-7,9-10H2,1-3H3. The zero-order valence-corrected chi connectivity index (χ0v) is 11.9. The van der Waals surface area contributed by atoms with Crippen LogP contribution in [0.2, 0.25) is 0 Å². The van der Waals surface area contributed by atoms with Gasteiger partial charge in [0.1, 0.15) is 11.6 Å². The van der Waals surface area contributed by atoms with Crippen molar-refractivity contribution >= 4 is 5.69 Å². The van der Waals surface area contributed by atoms with Crippen LogP contribution in [0.25, 0.3) is 0 Å². The van der Waals surface area contributed by atoms with E-state index in [4.69, 9.17) is 4.74 Å². The summed E-state index contributed by atoms with van der Waals surface area (Å²) < 4.78 is 19.2. The van der Waals surface area contributed by atoms with Crippen molar-refractivity contribution in [1.29, 1.82) is 0 Å². The molecular formula is C15H23FN2O. The molecule has 19 heavy (non-hydrogen) atoms. The molecule has 1 heterocycles. The number of methoxy groups -OCH3 is 1. The van der Waals surface area contributed by atoms with Crippen molar-refractivity contribution in [3.63, 3.8) is 0 Å². The summed E-state index contributed by atoms with van der Waals surface area (Å²) in [6.45, 7) is 7.07. The highest BCUT2D eigenvalue weighted by atomic mass is 19.1. The first-order valence-electron chi connectivity index (χ1n) is 6.92. The van der Waals surface area contributed by atoms with Crippen LogP contribution in [0.5, 0.6) is 5.75 Å². The van der Waals surface area contributed by atoms with Gasteiger partial charge in [-0.1, -0.05) is 6.92 Å². The van der Waals surface area contributed by atoms with Gasteiger partial charge in [0.15, 0.2) is 0 Å². The van der Waals surface area contributed by atoms with Crippen LogP contribution in [-0.4, -0.2) is 32.8 Å². The van der Waals surface area contributed by atoms with Gasteiger partial charge in [-0.25, -0.2) is 4.39 Å². The Morgan fingerprint density at radius 2 is 2.16 bits per heavy atom. The highest BCUT2D eigenvalue weighted by Gasteiger charge is 2.19. The molecule has 0 aliphatic carbocycles. The second-order valence-electron chi connectivity index (χ2n) is 5.47. The molecular weight excluding hydrogens is 243 g/mol. The van der Waals surface area contributed by atoms with E-state index in [0.29, 0.717) is 23.4 Å². The maximum Gasteiger partial charge on any atom is 0.146 e. The van der Waals surface area contributed by atoms with Crippen molar-refractivity contribution in [3.05, 3.63) is 24.0 Å². The highest BCUT2D eigenvalue weighted by Crippen LogP contribution is 2.26. The van der Waals surface area contributed by atoms with Crippen molar-refractivity contribution in [1.82, 2.24) is 5.32 Å². The first kappa shape index (κ1) is 14.1. The Kier molecular flexibility index (Phi) is 4.64. The number of nitrogens with zero attached hydrogens (tertiary/aromatic N) is 1. The Hall–Kier alpha value is -1.29. The third-order valence-electron chi connectivity index (χ3n) is 3.67. The molecule has 1 aliphatic rings. The van der Waals surface area contributed by atoms with Crippen molar-refractivity contribution in [2.75, 3.05) is 31.6 Å². The zero-order chi connectivity index (χ0) is 13.8. The van der Waals surface area contributed by atoms with Gasteiger partial charge in [-0.3, -0.25) is 0 Å². The molecule has 1 fully saturated rings. The number of ether oxygens (including phenoxy) is 1. The van der Waals surface area contributed by atoms with Gasteiger partial charge in [0.05, 0.1) is 12.8 Å². The lowest BCUT2D eigenvalue weighted by molar-refractivity contribution is 0.404. The molecule has 1 N–H and O–H groups in total. The van der Waals surface area contributed by atoms with E-state index in [-0.39, 0.29) is 5.82 Å². The Labute approximate surface area is 114 Å². The average molecular weight is 266 g/mol. The van der Waals surface area contributed by atoms with Crippen molar-refractivity contribution in [3.8, 4) is 5.75 Å². The molecule has 0 aromatic heterocycles. The lowest BCUT2D eigenvalue weighted by Gasteiger charge is -2.33. The predicted octanol–water partition coefficient (Wildman–Crippen LogP) is 2.66. The summed E-state index contributed by atoms with van der Waals surface area (Å²) in [5.41, 5.74) is 0.653. The normalized spacial score (nSPS) is 24.7. The van der Waals surface area contributed by atoms with E-state index in [1.165, 1.54) is 6.07 Å². The monoisotopic (exact) mass is 266 g/mol. The van der Waals surface area contributed by atoms with Crippen LogP contribution in [0.1, 0.15) is 20.3 Å². The maximum absolute atomic E-state index is 14.0. The molecule has 2 rings (SSSR count). The lowest BCUT2D eigenvalue weighted by atomic mass is 10.1. The third-order valence-corrected chi connectivity index (χ3v) is 3.67. The fourth-order valence-corrected chi connectivity index (χ4v) is 2.47. The topological polar surface area (TPSA) is 24.5 Å². The molecule has 0 radical (unpaired) electrons. The number of benzene rings is 1. The summed E-state index contributed by atoms with van der Waals surface area (Å²) in [7, 11) is 1.61. The summed E-state index contributed by atoms with van der Waals surface area (Å²) in [4.78, 5) is 2.14. The molecule has 1 aromatic carbocycles. The van der Waals surface area contributed by atoms with Crippen LogP contribution in [0.15, 0.2) is 18.2 Å². The minimum absolute atomic E-state index is 0.172. The highest BCUT2D eigenvalue weighted by molar-refractivity contribution is 5.52. The van der Waals surface area contributed by atoms with E-state index < -0.39 is 0 Å². The molecule has 3 nitrogen and oxygen atoms in total. The number of hydrogen-bond acceptors (Lipinski definition) is 3. The quantitative estimate of drug-likeness (QED) is 0.890. The summed E-state index contributed by atoms with van der Waals surface area (Å²) in [5, 5.41) is 3.50. The average Bonchev–Trinajstić information content (AvgIpc) is 2.40. The predicted molar refractivity (Wildman–Crippen MR) is 76.4 cm³/mol. The maximum atomic E-state index is 14.0. The van der Waals surface area contributed by atoms with Crippen LogP contribution in [-0.2, 0) is 0 Å². The smallest absolute Gasteiger partial charge is 0.146 e. The molecule has 0 spiro atoms. The first-order valence-corrected chi connectivity index (χ1v) is 6.92. The van der Waals surface area contributed by atoms with E-state index in [9.17, 15) is 4.39 Å². The molecule has 0 saturated carbocycles. The van der Waals surface area contributed by atoms with Crippen molar-refractivity contribution in [2.45, 2.75) is 26.3 Å². The Morgan fingerprint density at radius 3 is 2.89 bits per heavy atom. The summed E-state index contributed by atoms with van der Waals surface area (Å²) in [6, 6.07) is 5.41. The summed E-state index contributed by atoms with van der Waals surface area (Å²) in [5.74, 6) is 1.03. The molecule has 0 bridgehead atoms. The number of hydrogen-bond donors (Lipinski definition) is 1. The van der Waals surface area contributed by atoms with E-state index in [1.54, 1.807) is 19.2 Å². The van der Waals surface area contributed by atoms with Gasteiger partial charge in [-0.05, 0) is 37.9 Å². The number of anilines is 1. The number of nitrogens with one attached hydrogen (secondary N) is 1. The number of halogens is 1. The molecule has 2 atom stereocenters. The molecule has 1 aromatic rings. The van der Waals surface area contributed by atoms with E-state index in [2.05, 4.69) is 24.1 Å². The molecule has 106 valence electrons. The Balaban J connectivity index is 2.22. The van der Waals surface area contributed by atoms with Crippen LogP contribution >= 0.6 is 0 Å². The summed E-state index contributed by atoms with van der Waals surface area (Å²) in [6.07, 6.45) is 1.02. The van der Waals surface area contributed by atoms with E-state index in [1.807, 2.05) is 0 Å². The Morgan fingerprint density at radius 1 is 1.37 bits per heavy atom. The van der Waals surface area contributed by atoms with Gasteiger partial charge in [0.25, 0.3) is 0 Å². The molecule has 0 amide bonds. The van der Waals surface area contributed by atoms with Gasteiger partial charge < -0.3 is 15.0 Å². The second kappa shape index (κ2) is 6.24. The second-order valence-corrected chi connectivity index (χ2v) is 5.47. The minimum Gasteiger partial charge on any atom is -0.497 e. The first-order chi connectivity index (χ1) is 9.10. The van der Waals surface area contributed by atoms with Gasteiger partial charge in [-0.15, -0.1) is 0 Å². The van der Waals surface area contributed by atoms with E-state index >= 15 is 0 Å². The Bertz CT molecular complexity index is 425. The summed E-state index contributed by atoms with van der Waals surface area (Å²) >= 11 is 0. The van der Waals surface area contributed by atoms with Gasteiger partial charge >= 0.3 is 0 Å². The van der Waals surface area contributed by atoms with Crippen LogP contribution < -0.4 is 15.0 Å². The molecule has 2 unspecified atom stereocenters. The van der Waals surface area contributed by atoms with Gasteiger partial charge in [-0.2, -0.15) is 0 Å². The van der Waals surface area contributed by atoms with Gasteiger partial charge in [0.2, 0.25) is 0 Å². The van der Waals surface area contributed by atoms with Crippen molar-refractivity contribution in [2.24, 2.45) is 5.92 Å². The van der Waals surface area contributed by atoms with Crippen LogP contribution in [0.3, 0.4) is 0 Å². The lowest BCUT2D eigenvalue weighted by Crippen LogP contribution is -2.42. The van der Waals surface area contributed by atoms with Crippen LogP contribution in [0, 0.1) is 11.7 Å². The largest absolute Gasteiger partial charge is 0.497 e. The van der Waals surface area contributed by atoms with Gasteiger partial charge in [0, 0.05) is 25.2 Å². The third kappa shape index (κ3) is 3.60. The number of rotatable bonds is 2. The minimum atomic E-state index is -0.172. The zero-order valence-electron chi connectivity index (χ0n) is 11.9. The molecule has 1 saturated heterocycles. The SMILES string of the molecule is COc1ccc(F)c(N2CCC(C)NCC(C)C2)c1. The van der Waals surface area contributed by atoms with Crippen molar-refractivity contribution < 1.29 is 9.13 Å². The molecule has 1 aliphatic heterocycles.